The molecule has 0 bridgehead atoms. The number of hydrogen-bond acceptors (Lipinski definition) is 5. The minimum atomic E-state index is 0.320. The van der Waals surface area contributed by atoms with E-state index in [9.17, 15) is 0 Å². The van der Waals surface area contributed by atoms with Gasteiger partial charge in [0.05, 0.1) is 24.6 Å². The predicted molar refractivity (Wildman–Crippen MR) is 94.8 cm³/mol. The maximum Gasteiger partial charge on any atom is 0.136 e. The second-order valence-electron chi connectivity index (χ2n) is 6.69. The molecule has 2 aliphatic rings. The van der Waals surface area contributed by atoms with E-state index < -0.39 is 0 Å². The number of aliphatic imine (C=N–C) groups is 1. The van der Waals surface area contributed by atoms with Crippen molar-refractivity contribution in [2.24, 2.45) is 4.99 Å². The molecular formula is C19H22N4O. The van der Waals surface area contributed by atoms with Crippen LogP contribution in [0.1, 0.15) is 48.6 Å². The molecule has 2 aliphatic heterocycles. The van der Waals surface area contributed by atoms with E-state index in [0.717, 1.165) is 42.4 Å². The van der Waals surface area contributed by atoms with Crippen molar-refractivity contribution in [2.45, 2.75) is 38.8 Å². The van der Waals surface area contributed by atoms with E-state index in [1.165, 1.54) is 11.1 Å². The van der Waals surface area contributed by atoms with Gasteiger partial charge in [-0.3, -0.25) is 9.98 Å². The highest BCUT2D eigenvalue weighted by Gasteiger charge is 2.25. The number of fused-ring (bicyclic) bond motifs is 1. The van der Waals surface area contributed by atoms with Crippen LogP contribution in [0.15, 0.2) is 35.6 Å². The van der Waals surface area contributed by atoms with E-state index in [4.69, 9.17) is 9.73 Å². The molecule has 0 aliphatic carbocycles. The highest BCUT2D eigenvalue weighted by Crippen LogP contribution is 2.30. The van der Waals surface area contributed by atoms with Gasteiger partial charge in [-0.25, -0.2) is 4.98 Å². The molecule has 1 N–H and O–H groups in total. The second kappa shape index (κ2) is 6.32. The Morgan fingerprint density at radius 3 is 2.88 bits per heavy atom. The number of aromatic nitrogens is 2. The molecule has 124 valence electrons. The number of nitrogens with one attached hydrogen (secondary N) is 1. The van der Waals surface area contributed by atoms with Crippen LogP contribution in [-0.2, 0) is 11.3 Å². The van der Waals surface area contributed by atoms with Crippen LogP contribution in [-0.4, -0.2) is 34.9 Å². The average Bonchev–Trinajstić information content (AvgIpc) is 3.25. The summed E-state index contributed by atoms with van der Waals surface area (Å²) in [5, 5.41) is 3.43. The molecule has 4 rings (SSSR count). The Morgan fingerprint density at radius 2 is 2.08 bits per heavy atom. The van der Waals surface area contributed by atoms with Gasteiger partial charge < -0.3 is 10.1 Å². The molecular weight excluding hydrogens is 300 g/mol. The summed E-state index contributed by atoms with van der Waals surface area (Å²) in [5.74, 6) is 1.37. The number of nitrogens with zero attached hydrogens (tertiary/aromatic N) is 3. The molecule has 1 unspecified atom stereocenters. The van der Waals surface area contributed by atoms with E-state index >= 15 is 0 Å². The van der Waals surface area contributed by atoms with E-state index in [-0.39, 0.29) is 0 Å². The van der Waals surface area contributed by atoms with Gasteiger partial charge in [0.15, 0.2) is 0 Å². The van der Waals surface area contributed by atoms with Crippen molar-refractivity contribution in [2.75, 3.05) is 18.5 Å². The minimum Gasteiger partial charge on any atom is -0.381 e. The van der Waals surface area contributed by atoms with Crippen LogP contribution in [0.25, 0.3) is 0 Å². The summed E-state index contributed by atoms with van der Waals surface area (Å²) in [6.45, 7) is 6.57. The molecule has 24 heavy (non-hydrogen) atoms. The molecule has 0 radical (unpaired) electrons. The summed E-state index contributed by atoms with van der Waals surface area (Å²) < 4.78 is 5.53. The molecule has 5 heteroatoms. The molecule has 0 amide bonds. The van der Waals surface area contributed by atoms with Crippen LogP contribution in [0.3, 0.4) is 0 Å². The summed E-state index contributed by atoms with van der Waals surface area (Å²) in [6.07, 6.45) is 4.81. The summed E-state index contributed by atoms with van der Waals surface area (Å²) in [6, 6.07) is 6.63. The zero-order chi connectivity index (χ0) is 16.5. The van der Waals surface area contributed by atoms with Crippen molar-refractivity contribution in [3.05, 3.63) is 53.0 Å². The normalized spacial score (nSPS) is 19.5. The number of rotatable bonds is 4. The van der Waals surface area contributed by atoms with Gasteiger partial charge in [-0.1, -0.05) is 0 Å². The molecule has 4 heterocycles. The minimum absolute atomic E-state index is 0.320. The molecule has 2 aromatic heterocycles. The highest BCUT2D eigenvalue weighted by atomic mass is 16.5. The largest absolute Gasteiger partial charge is 0.381 e. The van der Waals surface area contributed by atoms with E-state index in [1.807, 2.05) is 18.5 Å². The van der Waals surface area contributed by atoms with Crippen LogP contribution in [0.5, 0.6) is 0 Å². The first-order valence-electron chi connectivity index (χ1n) is 8.55. The SMILES string of the molecule is CC(C)Nc1nccc2c1C(c1cc(C3CCOC3)ccn1)=NC2. The number of ether oxygens (including phenoxy) is 1. The van der Waals surface area contributed by atoms with Gasteiger partial charge in [0, 0.05) is 36.5 Å². The van der Waals surface area contributed by atoms with Crippen molar-refractivity contribution >= 4 is 11.5 Å². The molecule has 0 saturated carbocycles. The van der Waals surface area contributed by atoms with Crippen LogP contribution in [0.4, 0.5) is 5.82 Å². The monoisotopic (exact) mass is 322 g/mol. The molecule has 2 aromatic rings. The molecule has 1 fully saturated rings. The first-order chi connectivity index (χ1) is 11.7. The summed E-state index contributed by atoms with van der Waals surface area (Å²) in [5.41, 5.74) is 5.47. The Morgan fingerprint density at radius 1 is 1.21 bits per heavy atom. The third kappa shape index (κ3) is 2.80. The zero-order valence-electron chi connectivity index (χ0n) is 14.1. The third-order valence-electron chi connectivity index (χ3n) is 4.53. The third-order valence-corrected chi connectivity index (χ3v) is 4.53. The van der Waals surface area contributed by atoms with Crippen molar-refractivity contribution < 1.29 is 4.74 Å². The maximum atomic E-state index is 5.53. The topological polar surface area (TPSA) is 59.4 Å². The van der Waals surface area contributed by atoms with Crippen LogP contribution < -0.4 is 5.32 Å². The van der Waals surface area contributed by atoms with Gasteiger partial charge >= 0.3 is 0 Å². The number of pyridine rings is 2. The first kappa shape index (κ1) is 15.3. The molecule has 1 atom stereocenters. The van der Waals surface area contributed by atoms with Crippen molar-refractivity contribution in [1.29, 1.82) is 0 Å². The summed E-state index contributed by atoms with van der Waals surface area (Å²) in [7, 11) is 0. The smallest absolute Gasteiger partial charge is 0.136 e. The maximum absolute atomic E-state index is 5.53. The van der Waals surface area contributed by atoms with Gasteiger partial charge in [-0.05, 0) is 49.6 Å². The zero-order valence-corrected chi connectivity index (χ0v) is 14.1. The lowest BCUT2D eigenvalue weighted by atomic mass is 9.96. The number of hydrogen-bond donors (Lipinski definition) is 1. The van der Waals surface area contributed by atoms with Gasteiger partial charge in [0.25, 0.3) is 0 Å². The Balaban J connectivity index is 1.72. The Kier molecular flexibility index (Phi) is 4.02. The van der Waals surface area contributed by atoms with E-state index in [0.29, 0.717) is 18.5 Å². The highest BCUT2D eigenvalue weighted by molar-refractivity contribution is 6.16. The molecule has 1 saturated heterocycles. The first-order valence-corrected chi connectivity index (χ1v) is 8.55. The van der Waals surface area contributed by atoms with Gasteiger partial charge in [-0.15, -0.1) is 0 Å². The van der Waals surface area contributed by atoms with Crippen molar-refractivity contribution in [3.63, 3.8) is 0 Å². The van der Waals surface area contributed by atoms with Gasteiger partial charge in [-0.2, -0.15) is 0 Å². The van der Waals surface area contributed by atoms with Gasteiger partial charge in [0.1, 0.15) is 5.82 Å². The van der Waals surface area contributed by atoms with Crippen LogP contribution >= 0.6 is 0 Å². The molecule has 0 aromatic carbocycles. The fraction of sp³-hybridized carbons (Fsp3) is 0.421. The molecule has 0 spiro atoms. The quantitative estimate of drug-likeness (QED) is 0.939. The fourth-order valence-electron chi connectivity index (χ4n) is 3.36. The fourth-order valence-corrected chi connectivity index (χ4v) is 3.36. The van der Waals surface area contributed by atoms with Crippen molar-refractivity contribution in [1.82, 2.24) is 9.97 Å². The van der Waals surface area contributed by atoms with Gasteiger partial charge in [0.2, 0.25) is 0 Å². The standard InChI is InChI=1S/C19H22N4O/c1-12(2)23-19-17-14(4-7-21-19)10-22-18(17)16-9-13(3-6-20-16)15-5-8-24-11-15/h3-4,6-7,9,12,15H,5,8,10-11H2,1-2H3,(H,21,23). The van der Waals surface area contributed by atoms with Crippen LogP contribution in [0, 0.1) is 0 Å². The Bertz CT molecular complexity index is 779. The molecule has 5 nitrogen and oxygen atoms in total. The Hall–Kier alpha value is -2.27. The lowest BCUT2D eigenvalue weighted by Gasteiger charge is -2.15. The second-order valence-corrected chi connectivity index (χ2v) is 6.69. The lowest BCUT2D eigenvalue weighted by molar-refractivity contribution is 0.194. The number of anilines is 1. The van der Waals surface area contributed by atoms with E-state index in [2.05, 4.69) is 41.3 Å². The Labute approximate surface area is 142 Å². The predicted octanol–water partition coefficient (Wildman–Crippen LogP) is 3.15. The summed E-state index contributed by atoms with van der Waals surface area (Å²) in [4.78, 5) is 13.9. The van der Waals surface area contributed by atoms with Crippen LogP contribution in [0.2, 0.25) is 0 Å². The lowest BCUT2D eigenvalue weighted by Crippen LogP contribution is -2.16. The van der Waals surface area contributed by atoms with E-state index in [1.54, 1.807) is 0 Å². The summed E-state index contributed by atoms with van der Waals surface area (Å²) >= 11 is 0. The average molecular weight is 322 g/mol. The van der Waals surface area contributed by atoms with Crippen molar-refractivity contribution in [3.8, 4) is 0 Å².